The predicted octanol–water partition coefficient (Wildman–Crippen LogP) is 1.54. The highest BCUT2D eigenvalue weighted by molar-refractivity contribution is 6.31. The van der Waals surface area contributed by atoms with Gasteiger partial charge in [-0.3, -0.25) is 4.79 Å². The maximum absolute atomic E-state index is 12.8. The summed E-state index contributed by atoms with van der Waals surface area (Å²) in [5, 5.41) is 11.5. The van der Waals surface area contributed by atoms with Crippen LogP contribution in [0.3, 0.4) is 0 Å². The zero-order valence-corrected chi connectivity index (χ0v) is 11.3. The fourth-order valence-electron chi connectivity index (χ4n) is 1.47. The Morgan fingerprint density at radius 3 is 2.89 bits per heavy atom. The van der Waals surface area contributed by atoms with Gasteiger partial charge in [0.25, 0.3) is 0 Å². The van der Waals surface area contributed by atoms with Gasteiger partial charge in [0.05, 0.1) is 19.6 Å². The first kappa shape index (κ1) is 15.9. The molecule has 1 rings (SSSR count). The van der Waals surface area contributed by atoms with Crippen LogP contribution in [0.4, 0.5) is 4.39 Å². The number of hydrogen-bond acceptors (Lipinski definition) is 3. The second kappa shape index (κ2) is 8.85. The Balaban J connectivity index is 2.23. The number of halogens is 2. The number of benzene rings is 1. The van der Waals surface area contributed by atoms with Gasteiger partial charge >= 0.3 is 0 Å². The summed E-state index contributed by atoms with van der Waals surface area (Å²) in [7, 11) is 0. The third kappa shape index (κ3) is 6.52. The van der Waals surface area contributed by atoms with Gasteiger partial charge in [-0.25, -0.2) is 4.39 Å². The minimum Gasteiger partial charge on any atom is -0.394 e. The van der Waals surface area contributed by atoms with Crippen molar-refractivity contribution in [3.05, 3.63) is 34.6 Å². The first-order valence-corrected chi connectivity index (χ1v) is 6.40. The zero-order chi connectivity index (χ0) is 14.1. The molecular formula is C13H17ClFNO3. The fourth-order valence-corrected chi connectivity index (χ4v) is 1.70. The maximum atomic E-state index is 12.8. The summed E-state index contributed by atoms with van der Waals surface area (Å²) < 4.78 is 17.9. The molecule has 0 fully saturated rings. The van der Waals surface area contributed by atoms with Crippen LogP contribution >= 0.6 is 11.6 Å². The Kier molecular flexibility index (Phi) is 7.40. The van der Waals surface area contributed by atoms with Crippen LogP contribution in [0.2, 0.25) is 5.02 Å². The molecule has 1 aromatic rings. The van der Waals surface area contributed by atoms with E-state index in [0.717, 1.165) is 0 Å². The lowest BCUT2D eigenvalue weighted by Crippen LogP contribution is -2.27. The zero-order valence-electron chi connectivity index (χ0n) is 10.5. The largest absolute Gasteiger partial charge is 0.394 e. The molecule has 6 heteroatoms. The van der Waals surface area contributed by atoms with Crippen molar-refractivity contribution >= 4 is 17.5 Å². The number of aliphatic hydroxyl groups is 1. The average molecular weight is 290 g/mol. The van der Waals surface area contributed by atoms with Crippen LogP contribution in [-0.2, 0) is 16.0 Å². The van der Waals surface area contributed by atoms with Crippen molar-refractivity contribution in [2.45, 2.75) is 12.8 Å². The van der Waals surface area contributed by atoms with E-state index in [0.29, 0.717) is 31.7 Å². The predicted molar refractivity (Wildman–Crippen MR) is 70.6 cm³/mol. The van der Waals surface area contributed by atoms with Crippen molar-refractivity contribution < 1.29 is 19.0 Å². The van der Waals surface area contributed by atoms with Gasteiger partial charge in [-0.1, -0.05) is 17.7 Å². The second-order valence-corrected chi connectivity index (χ2v) is 4.36. The molecular weight excluding hydrogens is 273 g/mol. The molecule has 19 heavy (non-hydrogen) atoms. The van der Waals surface area contributed by atoms with Gasteiger partial charge in [0.1, 0.15) is 5.82 Å². The topological polar surface area (TPSA) is 58.6 Å². The highest BCUT2D eigenvalue weighted by Gasteiger charge is 2.07. The number of rotatable bonds is 8. The number of nitrogens with one attached hydrogen (secondary N) is 1. The van der Waals surface area contributed by atoms with Crippen LogP contribution in [-0.4, -0.2) is 37.4 Å². The molecule has 0 aromatic heterocycles. The molecule has 0 unspecified atom stereocenters. The SMILES string of the molecule is O=C(Cc1ccc(F)cc1Cl)NCCCOCCO. The van der Waals surface area contributed by atoms with E-state index < -0.39 is 5.82 Å². The van der Waals surface area contributed by atoms with Crippen LogP contribution in [0.1, 0.15) is 12.0 Å². The van der Waals surface area contributed by atoms with E-state index in [1.807, 2.05) is 0 Å². The van der Waals surface area contributed by atoms with Gasteiger partial charge in [0, 0.05) is 18.2 Å². The molecule has 106 valence electrons. The number of carbonyl (C=O) groups is 1. The van der Waals surface area contributed by atoms with Crippen molar-refractivity contribution in [2.75, 3.05) is 26.4 Å². The number of amides is 1. The Morgan fingerprint density at radius 2 is 2.21 bits per heavy atom. The quantitative estimate of drug-likeness (QED) is 0.714. The highest BCUT2D eigenvalue weighted by Crippen LogP contribution is 2.17. The lowest BCUT2D eigenvalue weighted by Gasteiger charge is -2.07. The van der Waals surface area contributed by atoms with E-state index >= 15 is 0 Å². The smallest absolute Gasteiger partial charge is 0.224 e. The first-order chi connectivity index (χ1) is 9.13. The number of ether oxygens (including phenoxy) is 1. The van der Waals surface area contributed by atoms with E-state index in [1.54, 1.807) is 0 Å². The summed E-state index contributed by atoms with van der Waals surface area (Å²) in [6.07, 6.45) is 0.791. The summed E-state index contributed by atoms with van der Waals surface area (Å²) in [6.45, 7) is 1.27. The van der Waals surface area contributed by atoms with Gasteiger partial charge in [-0.15, -0.1) is 0 Å². The second-order valence-electron chi connectivity index (χ2n) is 3.95. The maximum Gasteiger partial charge on any atom is 0.224 e. The van der Waals surface area contributed by atoms with Crippen LogP contribution in [0.15, 0.2) is 18.2 Å². The number of aliphatic hydroxyl groups excluding tert-OH is 1. The van der Waals surface area contributed by atoms with Gasteiger partial charge in [-0.05, 0) is 24.1 Å². The van der Waals surface area contributed by atoms with Gasteiger partial charge < -0.3 is 15.2 Å². The van der Waals surface area contributed by atoms with Crippen LogP contribution in [0.25, 0.3) is 0 Å². The standard InChI is InChI=1S/C13H17ClFNO3/c14-12-9-11(15)3-2-10(12)8-13(18)16-4-1-6-19-7-5-17/h2-3,9,17H,1,4-8H2,(H,16,18). The molecule has 0 saturated heterocycles. The third-order valence-corrected chi connectivity index (χ3v) is 2.74. The lowest BCUT2D eigenvalue weighted by atomic mass is 10.1. The van der Waals surface area contributed by atoms with Crippen molar-refractivity contribution in [1.82, 2.24) is 5.32 Å². The monoisotopic (exact) mass is 289 g/mol. The molecule has 1 aromatic carbocycles. The first-order valence-electron chi connectivity index (χ1n) is 6.02. The van der Waals surface area contributed by atoms with Crippen LogP contribution < -0.4 is 5.32 Å². The molecule has 1 amide bonds. The Hall–Kier alpha value is -1.17. The molecule has 0 heterocycles. The van der Waals surface area contributed by atoms with Gasteiger partial charge in [0.15, 0.2) is 0 Å². The molecule has 0 aliphatic carbocycles. The van der Waals surface area contributed by atoms with Crippen molar-refractivity contribution in [3.63, 3.8) is 0 Å². The Morgan fingerprint density at radius 1 is 1.42 bits per heavy atom. The molecule has 0 aliphatic rings. The van der Waals surface area contributed by atoms with E-state index in [-0.39, 0.29) is 24.0 Å². The molecule has 0 saturated carbocycles. The van der Waals surface area contributed by atoms with Gasteiger partial charge in [-0.2, -0.15) is 0 Å². The molecule has 2 N–H and O–H groups in total. The molecule has 4 nitrogen and oxygen atoms in total. The number of carbonyl (C=O) groups excluding carboxylic acids is 1. The minimum atomic E-state index is -0.421. The van der Waals surface area contributed by atoms with E-state index in [9.17, 15) is 9.18 Å². The summed E-state index contributed by atoms with van der Waals surface area (Å²) in [5.41, 5.74) is 0.595. The summed E-state index contributed by atoms with van der Waals surface area (Å²) in [4.78, 5) is 11.6. The van der Waals surface area contributed by atoms with Gasteiger partial charge in [0.2, 0.25) is 5.91 Å². The fraction of sp³-hybridized carbons (Fsp3) is 0.462. The van der Waals surface area contributed by atoms with Crippen molar-refractivity contribution in [2.24, 2.45) is 0 Å². The highest BCUT2D eigenvalue weighted by atomic mass is 35.5. The molecule has 0 aliphatic heterocycles. The summed E-state index contributed by atoms with van der Waals surface area (Å²) >= 11 is 5.83. The van der Waals surface area contributed by atoms with E-state index in [2.05, 4.69) is 5.32 Å². The number of hydrogen-bond donors (Lipinski definition) is 2. The van der Waals surface area contributed by atoms with Crippen LogP contribution in [0, 0.1) is 5.82 Å². The van der Waals surface area contributed by atoms with E-state index in [1.165, 1.54) is 18.2 Å². The molecule has 0 radical (unpaired) electrons. The molecule has 0 bridgehead atoms. The lowest BCUT2D eigenvalue weighted by molar-refractivity contribution is -0.120. The molecule has 0 spiro atoms. The molecule has 0 atom stereocenters. The summed E-state index contributed by atoms with van der Waals surface area (Å²) in [6, 6.07) is 3.96. The minimum absolute atomic E-state index is 0.00454. The Bertz CT molecular complexity index is 415. The van der Waals surface area contributed by atoms with Crippen molar-refractivity contribution in [1.29, 1.82) is 0 Å². The van der Waals surface area contributed by atoms with Crippen molar-refractivity contribution in [3.8, 4) is 0 Å². The Labute approximate surface area is 116 Å². The van der Waals surface area contributed by atoms with Crippen LogP contribution in [0.5, 0.6) is 0 Å². The average Bonchev–Trinajstić information content (AvgIpc) is 2.37. The third-order valence-electron chi connectivity index (χ3n) is 2.39. The normalized spacial score (nSPS) is 10.5. The summed E-state index contributed by atoms with van der Waals surface area (Å²) in [5.74, 6) is -0.592. The van der Waals surface area contributed by atoms with E-state index in [4.69, 9.17) is 21.4 Å².